The number of rotatable bonds is 9. The van der Waals surface area contributed by atoms with Crippen molar-refractivity contribution in [1.29, 1.82) is 0 Å². The molecule has 3 rings (SSSR count). The van der Waals surface area contributed by atoms with E-state index in [1.807, 2.05) is 0 Å². The number of thioether (sulfide) groups is 1. The Hall–Kier alpha value is -2.45. The minimum Gasteiger partial charge on any atom is -0.491 e. The van der Waals surface area contributed by atoms with Gasteiger partial charge in [-0.05, 0) is 30.7 Å². The molecule has 154 valence electrons. The van der Waals surface area contributed by atoms with Crippen LogP contribution in [0.25, 0.3) is 0 Å². The number of amides is 2. The molecule has 0 bridgehead atoms. The smallest absolute Gasteiger partial charge is 0.255 e. The normalized spacial score (nSPS) is 12.4. The Morgan fingerprint density at radius 3 is 2.90 bits per heavy atom. The molecule has 7 nitrogen and oxygen atoms in total. The predicted molar refractivity (Wildman–Crippen MR) is 114 cm³/mol. The van der Waals surface area contributed by atoms with Gasteiger partial charge >= 0.3 is 0 Å². The monoisotopic (exact) mass is 435 g/mol. The van der Waals surface area contributed by atoms with E-state index in [1.165, 1.54) is 0 Å². The molecule has 0 atom stereocenters. The van der Waals surface area contributed by atoms with Crippen LogP contribution in [-0.2, 0) is 11.2 Å². The first-order valence-corrected chi connectivity index (χ1v) is 10.7. The lowest BCUT2D eigenvalue weighted by atomic mass is 10.1. The highest BCUT2D eigenvalue weighted by Crippen LogP contribution is 2.34. The Morgan fingerprint density at radius 1 is 1.34 bits per heavy atom. The summed E-state index contributed by atoms with van der Waals surface area (Å²) in [6.07, 6.45) is 1.00. The van der Waals surface area contributed by atoms with Crippen LogP contribution >= 0.6 is 23.4 Å². The third-order valence-corrected chi connectivity index (χ3v) is 5.74. The Bertz CT molecular complexity index is 944. The summed E-state index contributed by atoms with van der Waals surface area (Å²) in [4.78, 5) is 39.5. The van der Waals surface area contributed by atoms with E-state index >= 15 is 0 Å². The minimum atomic E-state index is -0.179. The predicted octanol–water partition coefficient (Wildman–Crippen LogP) is 3.17. The topological polar surface area (TPSA) is 91.5 Å². The van der Waals surface area contributed by atoms with Gasteiger partial charge in [0, 0.05) is 36.5 Å². The molecule has 1 aromatic heterocycles. The van der Waals surface area contributed by atoms with Gasteiger partial charge in [0.1, 0.15) is 5.75 Å². The Labute approximate surface area is 178 Å². The van der Waals surface area contributed by atoms with Crippen molar-refractivity contribution in [3.63, 3.8) is 0 Å². The minimum absolute atomic E-state index is 0.0440. The van der Waals surface area contributed by atoms with E-state index in [0.29, 0.717) is 47.9 Å². The van der Waals surface area contributed by atoms with Gasteiger partial charge in [-0.3, -0.25) is 14.4 Å². The molecule has 2 heterocycles. The van der Waals surface area contributed by atoms with Crippen LogP contribution in [0, 0.1) is 6.92 Å². The highest BCUT2D eigenvalue weighted by molar-refractivity contribution is 7.99. The quantitative estimate of drug-likeness (QED) is 0.466. The number of nitrogens with one attached hydrogen (secondary N) is 2. The summed E-state index contributed by atoms with van der Waals surface area (Å²) in [5.41, 5.74) is 3.11. The molecule has 0 aliphatic carbocycles. The molecule has 2 amide bonds. The molecule has 1 aliphatic rings. The van der Waals surface area contributed by atoms with Crippen LogP contribution in [-0.4, -0.2) is 59.7 Å². The SMILES string of the molecule is Cc1cc(C(=O)N(C)CCSCCOc2cc3c(cc2Cl)NC(=O)C3)c(C=O)[nH]1. The van der Waals surface area contributed by atoms with E-state index < -0.39 is 0 Å². The fourth-order valence-corrected chi connectivity index (χ4v) is 4.06. The van der Waals surface area contributed by atoms with Crippen molar-refractivity contribution >= 4 is 47.2 Å². The molecule has 29 heavy (non-hydrogen) atoms. The highest BCUT2D eigenvalue weighted by Gasteiger charge is 2.20. The zero-order valence-corrected chi connectivity index (χ0v) is 17.8. The van der Waals surface area contributed by atoms with Gasteiger partial charge in [0.2, 0.25) is 5.91 Å². The summed E-state index contributed by atoms with van der Waals surface area (Å²) in [5.74, 6) is 1.81. The fraction of sp³-hybridized carbons (Fsp3) is 0.350. The van der Waals surface area contributed by atoms with Gasteiger partial charge in [0.05, 0.1) is 29.3 Å². The zero-order valence-electron chi connectivity index (χ0n) is 16.2. The van der Waals surface area contributed by atoms with Crippen LogP contribution < -0.4 is 10.1 Å². The van der Waals surface area contributed by atoms with Crippen molar-refractivity contribution in [3.8, 4) is 5.75 Å². The Balaban J connectivity index is 1.40. The molecular weight excluding hydrogens is 414 g/mol. The fourth-order valence-electron chi connectivity index (χ4n) is 3.04. The number of aromatic nitrogens is 1. The first-order valence-electron chi connectivity index (χ1n) is 9.12. The van der Waals surface area contributed by atoms with Crippen LogP contribution in [0.1, 0.15) is 32.1 Å². The summed E-state index contributed by atoms with van der Waals surface area (Å²) < 4.78 is 5.74. The van der Waals surface area contributed by atoms with Gasteiger partial charge in [0.15, 0.2) is 6.29 Å². The van der Waals surface area contributed by atoms with Crippen molar-refractivity contribution < 1.29 is 19.1 Å². The first-order chi connectivity index (χ1) is 13.9. The van der Waals surface area contributed by atoms with Crippen molar-refractivity contribution in [3.05, 3.63) is 45.7 Å². The van der Waals surface area contributed by atoms with Crippen LogP contribution in [0.15, 0.2) is 18.2 Å². The van der Waals surface area contributed by atoms with E-state index in [9.17, 15) is 14.4 Å². The lowest BCUT2D eigenvalue weighted by Gasteiger charge is -2.16. The number of hydrogen-bond donors (Lipinski definition) is 2. The number of anilines is 1. The molecule has 2 aromatic rings. The summed E-state index contributed by atoms with van der Waals surface area (Å²) in [6, 6.07) is 5.20. The summed E-state index contributed by atoms with van der Waals surface area (Å²) >= 11 is 7.86. The Morgan fingerprint density at radius 2 is 2.14 bits per heavy atom. The number of ether oxygens (including phenoxy) is 1. The maximum atomic E-state index is 12.5. The standard InChI is InChI=1S/C20H22ClN3O4S/c1-12-7-14(17(11-25)22-12)20(27)24(2)3-5-29-6-4-28-18-8-13-9-19(26)23-16(13)10-15(18)21/h7-8,10-11,22H,3-6,9H2,1-2H3,(H,23,26). The van der Waals surface area contributed by atoms with Gasteiger partial charge in [-0.15, -0.1) is 0 Å². The zero-order chi connectivity index (χ0) is 21.0. The van der Waals surface area contributed by atoms with Gasteiger partial charge < -0.3 is 19.9 Å². The highest BCUT2D eigenvalue weighted by atomic mass is 35.5. The van der Waals surface area contributed by atoms with Crippen LogP contribution in [0.5, 0.6) is 5.75 Å². The third-order valence-electron chi connectivity index (χ3n) is 4.52. The molecule has 0 spiro atoms. The lowest BCUT2D eigenvalue weighted by molar-refractivity contribution is -0.115. The van der Waals surface area contributed by atoms with E-state index in [0.717, 1.165) is 28.5 Å². The van der Waals surface area contributed by atoms with Gasteiger partial charge in [-0.2, -0.15) is 11.8 Å². The van der Waals surface area contributed by atoms with E-state index in [-0.39, 0.29) is 11.8 Å². The molecule has 0 fully saturated rings. The van der Waals surface area contributed by atoms with Crippen LogP contribution in [0.4, 0.5) is 5.69 Å². The average molecular weight is 436 g/mol. The maximum Gasteiger partial charge on any atom is 0.255 e. The van der Waals surface area contributed by atoms with Crippen LogP contribution in [0.3, 0.4) is 0 Å². The number of fused-ring (bicyclic) bond motifs is 1. The molecule has 0 radical (unpaired) electrons. The van der Waals surface area contributed by atoms with Crippen molar-refractivity contribution in [1.82, 2.24) is 9.88 Å². The molecule has 0 saturated heterocycles. The molecule has 1 aliphatic heterocycles. The van der Waals surface area contributed by atoms with E-state index in [4.69, 9.17) is 16.3 Å². The number of aryl methyl sites for hydroxylation is 1. The summed E-state index contributed by atoms with van der Waals surface area (Å²) in [6.45, 7) is 2.83. The second-order valence-corrected chi connectivity index (χ2v) is 8.38. The average Bonchev–Trinajstić information content (AvgIpc) is 3.24. The number of carbonyl (C=O) groups is 3. The maximum absolute atomic E-state index is 12.5. The lowest BCUT2D eigenvalue weighted by Crippen LogP contribution is -2.29. The van der Waals surface area contributed by atoms with Gasteiger partial charge in [-0.25, -0.2) is 0 Å². The van der Waals surface area contributed by atoms with Crippen molar-refractivity contribution in [2.45, 2.75) is 13.3 Å². The van der Waals surface area contributed by atoms with Crippen molar-refractivity contribution in [2.24, 2.45) is 0 Å². The molecule has 9 heteroatoms. The molecule has 2 N–H and O–H groups in total. The van der Waals surface area contributed by atoms with Gasteiger partial charge in [0.25, 0.3) is 5.91 Å². The number of nitrogens with zero attached hydrogens (tertiary/aromatic N) is 1. The molecular formula is C20H22ClN3O4S. The number of hydrogen-bond acceptors (Lipinski definition) is 5. The second-order valence-electron chi connectivity index (χ2n) is 6.75. The first kappa shape index (κ1) is 21.3. The third kappa shape index (κ3) is 5.13. The number of halogens is 1. The van der Waals surface area contributed by atoms with E-state index in [2.05, 4.69) is 10.3 Å². The number of H-pyrrole nitrogens is 1. The van der Waals surface area contributed by atoms with Gasteiger partial charge in [-0.1, -0.05) is 11.6 Å². The molecule has 0 unspecified atom stereocenters. The van der Waals surface area contributed by atoms with Crippen LogP contribution in [0.2, 0.25) is 5.02 Å². The van der Waals surface area contributed by atoms with E-state index in [1.54, 1.807) is 48.8 Å². The number of aromatic amines is 1. The Kier molecular flexibility index (Phi) is 6.87. The number of carbonyl (C=O) groups excluding carboxylic acids is 3. The number of benzene rings is 1. The summed E-state index contributed by atoms with van der Waals surface area (Å²) in [7, 11) is 1.72. The largest absolute Gasteiger partial charge is 0.491 e. The molecule has 1 aromatic carbocycles. The van der Waals surface area contributed by atoms with Crippen molar-refractivity contribution in [2.75, 3.05) is 37.0 Å². The molecule has 0 saturated carbocycles. The second kappa shape index (κ2) is 9.37. The summed E-state index contributed by atoms with van der Waals surface area (Å²) in [5, 5.41) is 3.22. The number of aldehydes is 1.